The minimum Gasteiger partial charge on any atom is -0.435 e. The first-order valence-corrected chi connectivity index (χ1v) is 11.2. The molecule has 1 unspecified atom stereocenters. The molecule has 5 atom stereocenters. The van der Waals surface area contributed by atoms with Crippen molar-refractivity contribution < 1.29 is 9.53 Å². The van der Waals surface area contributed by atoms with Crippen molar-refractivity contribution in [3.63, 3.8) is 0 Å². The summed E-state index contributed by atoms with van der Waals surface area (Å²) in [5.74, 6) is 1.19. The minimum absolute atomic E-state index is 0.225. The van der Waals surface area contributed by atoms with Crippen LogP contribution in [0.25, 0.3) is 0 Å². The highest BCUT2D eigenvalue weighted by Gasteiger charge is 2.53. The number of nitrogens with one attached hydrogen (secondary N) is 1. The summed E-state index contributed by atoms with van der Waals surface area (Å²) in [4.78, 5) is 12.0. The third-order valence-corrected chi connectivity index (χ3v) is 8.49. The Balaban J connectivity index is 1.51. The van der Waals surface area contributed by atoms with Crippen LogP contribution in [0.2, 0.25) is 0 Å². The van der Waals surface area contributed by atoms with E-state index >= 15 is 0 Å². The van der Waals surface area contributed by atoms with Crippen LogP contribution >= 0.6 is 0 Å². The van der Waals surface area contributed by atoms with E-state index in [0.717, 1.165) is 24.1 Å². The Bertz CT molecular complexity index is 826. The van der Waals surface area contributed by atoms with Crippen molar-refractivity contribution in [2.45, 2.75) is 72.4 Å². The summed E-state index contributed by atoms with van der Waals surface area (Å²) in [6, 6.07) is 10.00. The average molecular weight is 394 g/mol. The van der Waals surface area contributed by atoms with E-state index in [1.807, 2.05) is 30.3 Å². The molecular formula is C26H35NO2. The zero-order valence-electron chi connectivity index (χ0n) is 18.3. The second-order valence-electron chi connectivity index (χ2n) is 9.93. The van der Waals surface area contributed by atoms with Crippen molar-refractivity contribution in [3.05, 3.63) is 53.6 Å². The number of esters is 1. The first-order chi connectivity index (χ1) is 13.8. The van der Waals surface area contributed by atoms with Gasteiger partial charge in [0.2, 0.25) is 0 Å². The fraction of sp³-hybridized carbons (Fsp3) is 0.577. The van der Waals surface area contributed by atoms with Crippen LogP contribution in [0.15, 0.2) is 53.6 Å². The van der Waals surface area contributed by atoms with Crippen LogP contribution in [0, 0.1) is 22.7 Å². The molecular weight excluding hydrogens is 358 g/mol. The molecule has 29 heavy (non-hydrogen) atoms. The van der Waals surface area contributed by atoms with Crippen LogP contribution in [0.1, 0.15) is 66.2 Å². The summed E-state index contributed by atoms with van der Waals surface area (Å²) >= 11 is 0. The van der Waals surface area contributed by atoms with Crippen LogP contribution in [0.3, 0.4) is 0 Å². The van der Waals surface area contributed by atoms with Gasteiger partial charge in [0, 0.05) is 11.8 Å². The summed E-state index contributed by atoms with van der Waals surface area (Å²) in [7, 11) is 0. The molecule has 0 saturated heterocycles. The smallest absolute Gasteiger partial charge is 0.333 e. The molecule has 1 aromatic carbocycles. The molecule has 1 fully saturated rings. The molecule has 1 aliphatic heterocycles. The van der Waals surface area contributed by atoms with E-state index in [-0.39, 0.29) is 17.6 Å². The summed E-state index contributed by atoms with van der Waals surface area (Å²) < 4.78 is 5.57. The Kier molecular flexibility index (Phi) is 5.35. The summed E-state index contributed by atoms with van der Waals surface area (Å²) in [5, 5.41) is 3.38. The fourth-order valence-corrected chi connectivity index (χ4v) is 6.21. The SMILES string of the molecule is CC1=CCC[C@@H]2[C@@](C)(CCC3=CC(=O)OC3Nc3ccccc3)[C@H](C)CC[C@@]12C. The van der Waals surface area contributed by atoms with Gasteiger partial charge in [-0.15, -0.1) is 0 Å². The van der Waals surface area contributed by atoms with Gasteiger partial charge in [-0.05, 0) is 85.8 Å². The second-order valence-corrected chi connectivity index (χ2v) is 9.93. The molecule has 2 aliphatic carbocycles. The highest BCUT2D eigenvalue weighted by Crippen LogP contribution is 2.62. The Morgan fingerprint density at radius 3 is 2.69 bits per heavy atom. The van der Waals surface area contributed by atoms with Crippen LogP contribution in [0.5, 0.6) is 0 Å². The Morgan fingerprint density at radius 2 is 1.93 bits per heavy atom. The van der Waals surface area contributed by atoms with E-state index in [9.17, 15) is 4.79 Å². The van der Waals surface area contributed by atoms with Gasteiger partial charge in [0.15, 0.2) is 6.23 Å². The molecule has 1 heterocycles. The number of carbonyl (C=O) groups excluding carboxylic acids is 1. The Morgan fingerprint density at radius 1 is 1.17 bits per heavy atom. The molecule has 0 bridgehead atoms. The van der Waals surface area contributed by atoms with E-state index in [1.165, 1.54) is 25.7 Å². The molecule has 0 amide bonds. The summed E-state index contributed by atoms with van der Waals surface area (Å²) in [5.41, 5.74) is 4.27. The van der Waals surface area contributed by atoms with Crippen LogP contribution in [-0.2, 0) is 9.53 Å². The highest BCUT2D eigenvalue weighted by molar-refractivity contribution is 5.86. The summed E-state index contributed by atoms with van der Waals surface area (Å²) in [6.07, 6.45) is 10.9. The topological polar surface area (TPSA) is 38.3 Å². The fourth-order valence-electron chi connectivity index (χ4n) is 6.21. The van der Waals surface area contributed by atoms with Gasteiger partial charge in [-0.25, -0.2) is 4.79 Å². The van der Waals surface area contributed by atoms with Gasteiger partial charge < -0.3 is 10.1 Å². The lowest BCUT2D eigenvalue weighted by molar-refractivity contribution is -0.137. The van der Waals surface area contributed by atoms with Crippen LogP contribution < -0.4 is 5.32 Å². The number of fused-ring (bicyclic) bond motifs is 1. The number of carbonyl (C=O) groups is 1. The third-order valence-electron chi connectivity index (χ3n) is 8.49. The van der Waals surface area contributed by atoms with E-state index < -0.39 is 0 Å². The number of benzene rings is 1. The number of hydrogen-bond donors (Lipinski definition) is 1. The van der Waals surface area contributed by atoms with Crippen molar-refractivity contribution >= 4 is 11.7 Å². The maximum absolute atomic E-state index is 12.0. The zero-order valence-corrected chi connectivity index (χ0v) is 18.3. The predicted molar refractivity (Wildman–Crippen MR) is 118 cm³/mol. The van der Waals surface area contributed by atoms with Crippen molar-refractivity contribution in [1.82, 2.24) is 0 Å². The van der Waals surface area contributed by atoms with Gasteiger partial charge in [0.05, 0.1) is 0 Å². The minimum atomic E-state index is -0.341. The predicted octanol–water partition coefficient (Wildman–Crippen LogP) is 6.49. The van der Waals surface area contributed by atoms with Crippen molar-refractivity contribution in [2.75, 3.05) is 5.32 Å². The maximum atomic E-state index is 12.0. The molecule has 1 saturated carbocycles. The van der Waals surface area contributed by atoms with Crippen LogP contribution in [-0.4, -0.2) is 12.2 Å². The van der Waals surface area contributed by atoms with Crippen molar-refractivity contribution in [1.29, 1.82) is 0 Å². The molecule has 1 N–H and O–H groups in total. The largest absolute Gasteiger partial charge is 0.435 e. The molecule has 3 nitrogen and oxygen atoms in total. The lowest BCUT2D eigenvalue weighted by atomic mass is 9.47. The Labute approximate surface area is 175 Å². The number of para-hydroxylation sites is 1. The molecule has 0 aromatic heterocycles. The highest BCUT2D eigenvalue weighted by atomic mass is 16.6. The van der Waals surface area contributed by atoms with Gasteiger partial charge in [-0.1, -0.05) is 50.6 Å². The second kappa shape index (κ2) is 7.66. The number of rotatable bonds is 5. The third kappa shape index (κ3) is 3.65. The van der Waals surface area contributed by atoms with E-state index in [0.29, 0.717) is 17.3 Å². The molecule has 3 aliphatic rings. The number of anilines is 1. The standard InChI is InChI=1S/C26H35NO2/c1-18-9-8-12-22-25(18,3)15-13-19(2)26(22,4)16-14-20-17-23(28)29-24(20)27-21-10-6-5-7-11-21/h5-7,9-11,17,19,22,24,27H,8,12-16H2,1-4H3/t19-,22+,24?,25+,26+/m1/s1. The van der Waals surface area contributed by atoms with E-state index in [2.05, 4.69) is 39.1 Å². The first-order valence-electron chi connectivity index (χ1n) is 11.2. The number of cyclic esters (lactones) is 1. The molecule has 4 rings (SSSR count). The molecule has 0 radical (unpaired) electrons. The van der Waals surface area contributed by atoms with Gasteiger partial charge in [-0.3, -0.25) is 0 Å². The molecule has 3 heteroatoms. The maximum Gasteiger partial charge on any atom is 0.333 e. The molecule has 0 spiro atoms. The Hall–Kier alpha value is -2.03. The average Bonchev–Trinajstić information content (AvgIpc) is 3.05. The first kappa shape index (κ1) is 20.3. The molecule has 1 aromatic rings. The number of allylic oxidation sites excluding steroid dienone is 2. The van der Waals surface area contributed by atoms with E-state index in [4.69, 9.17) is 4.74 Å². The number of ether oxygens (including phenoxy) is 1. The molecule has 156 valence electrons. The summed E-state index contributed by atoms with van der Waals surface area (Å²) in [6.45, 7) is 9.79. The van der Waals surface area contributed by atoms with E-state index in [1.54, 1.807) is 11.6 Å². The normalized spacial score (nSPS) is 36.7. The lowest BCUT2D eigenvalue weighted by Crippen LogP contribution is -2.49. The quantitative estimate of drug-likeness (QED) is 0.459. The van der Waals surface area contributed by atoms with Gasteiger partial charge >= 0.3 is 5.97 Å². The van der Waals surface area contributed by atoms with Gasteiger partial charge in [-0.2, -0.15) is 0 Å². The van der Waals surface area contributed by atoms with Crippen LogP contribution in [0.4, 0.5) is 5.69 Å². The monoisotopic (exact) mass is 393 g/mol. The van der Waals surface area contributed by atoms with Gasteiger partial charge in [0.1, 0.15) is 0 Å². The number of hydrogen-bond acceptors (Lipinski definition) is 3. The van der Waals surface area contributed by atoms with Gasteiger partial charge in [0.25, 0.3) is 0 Å². The zero-order chi connectivity index (χ0) is 20.6. The van der Waals surface area contributed by atoms with Crippen molar-refractivity contribution in [3.8, 4) is 0 Å². The van der Waals surface area contributed by atoms with Crippen molar-refractivity contribution in [2.24, 2.45) is 22.7 Å². The lowest BCUT2D eigenvalue weighted by Gasteiger charge is -2.58.